The Hall–Kier alpha value is -4.63. The summed E-state index contributed by atoms with van der Waals surface area (Å²) < 4.78 is 18.9. The second kappa shape index (κ2) is 10.7. The number of carboxylic acid groups (broad SMARTS) is 1. The fourth-order valence-corrected chi connectivity index (χ4v) is 3.10. The first-order valence-electron chi connectivity index (χ1n) is 9.79. The molecule has 0 saturated carbocycles. The zero-order valence-electron chi connectivity index (χ0n) is 18.3. The Kier molecular flexibility index (Phi) is 7.76. The van der Waals surface area contributed by atoms with Crippen molar-refractivity contribution in [2.24, 2.45) is 0 Å². The molecule has 4 aromatic rings. The van der Waals surface area contributed by atoms with Crippen LogP contribution in [0.1, 0.15) is 32.1 Å². The van der Waals surface area contributed by atoms with Gasteiger partial charge < -0.3 is 26.0 Å². The number of esters is 1. The molecular weight excluding hydrogens is 505 g/mol. The van der Waals surface area contributed by atoms with E-state index in [2.05, 4.69) is 30.2 Å². The predicted octanol–water partition coefficient (Wildman–Crippen LogP) is 0.174. The second-order valence-corrected chi connectivity index (χ2v) is 7.28. The molecule has 36 heavy (non-hydrogen) atoms. The number of nitrogens with zero attached hydrogens (tertiary/aromatic N) is 4. The maximum atomic E-state index is 13.6. The molecule has 0 aliphatic rings. The normalized spacial score (nSPS) is 10.6. The van der Waals surface area contributed by atoms with Gasteiger partial charge in [0.15, 0.2) is 11.4 Å². The molecule has 0 aliphatic heterocycles. The van der Waals surface area contributed by atoms with E-state index in [9.17, 15) is 28.7 Å². The number of anilines is 2. The largest absolute Gasteiger partial charge is 0.489 e. The van der Waals surface area contributed by atoms with Gasteiger partial charge in [-0.05, 0) is 29.5 Å². The van der Waals surface area contributed by atoms with Crippen LogP contribution in [0.4, 0.5) is 15.8 Å². The molecule has 0 aliphatic carbocycles. The van der Waals surface area contributed by atoms with E-state index in [1.54, 1.807) is 12.1 Å². The van der Waals surface area contributed by atoms with Gasteiger partial charge in [0.2, 0.25) is 5.65 Å². The summed E-state index contributed by atoms with van der Waals surface area (Å²) in [6.45, 7) is 0.452. The average molecular weight is 522 g/mol. The number of nitrogens with two attached hydrogens (primary N) is 1. The number of hydrogen-bond donors (Lipinski definition) is 5. The number of nitrogens with one attached hydrogen (secondary N) is 2. The molecule has 6 N–H and O–H groups in total. The number of rotatable bonds is 7. The van der Waals surface area contributed by atoms with Crippen LogP contribution < -0.4 is 26.7 Å². The van der Waals surface area contributed by atoms with Gasteiger partial charge in [0.05, 0.1) is 7.11 Å². The van der Waals surface area contributed by atoms with Crippen molar-refractivity contribution in [3.05, 3.63) is 73.0 Å². The predicted molar refractivity (Wildman–Crippen MR) is 123 cm³/mol. The van der Waals surface area contributed by atoms with Crippen molar-refractivity contribution in [1.29, 1.82) is 0 Å². The summed E-state index contributed by atoms with van der Waals surface area (Å²) in [7, 11) is 1.13. The molecule has 0 atom stereocenters. The monoisotopic (exact) mass is 521 g/mol. The van der Waals surface area contributed by atoms with Gasteiger partial charge in [-0.1, -0.05) is 16.4 Å². The van der Waals surface area contributed by atoms with Gasteiger partial charge in [0, 0.05) is 24.7 Å². The Balaban J connectivity index is 0.000000202. The molecule has 16 heteroatoms. The van der Waals surface area contributed by atoms with Crippen LogP contribution in [0, 0.1) is 5.82 Å². The highest BCUT2D eigenvalue weighted by Gasteiger charge is 2.20. The number of aromatic nitrogens is 4. The highest BCUT2D eigenvalue weighted by atomic mass is 35.5. The number of carbonyl (C=O) groups excluding carboxylic acids is 1. The summed E-state index contributed by atoms with van der Waals surface area (Å²) in [6.07, 6.45) is 0. The fraction of sp³-hybridized carbons (Fsp3) is 0.150. The number of halogens is 2. The van der Waals surface area contributed by atoms with Crippen molar-refractivity contribution in [2.45, 2.75) is 13.1 Å². The van der Waals surface area contributed by atoms with E-state index in [1.807, 2.05) is 0 Å². The molecule has 14 nitrogen and oxygen atoms in total. The Morgan fingerprint density at radius 1 is 1.22 bits per heavy atom. The standard InChI is InChI=1S/C12H11ClFN3O2.C8H6N4O5/c13-17-4-6-1-2-8(14)7(3-6)5-16-10-9(15)11(18)12(10)19;1-17-8(16)4-2-3(7(14)15)9-5-6(13)10-11-12(4)5/h1-3,16-17H,4-5,15H2;2,13H,1H3,(H,14,15). The third-order valence-electron chi connectivity index (χ3n) is 4.76. The Bertz CT molecular complexity index is 1530. The number of methoxy groups -OCH3 is 1. The highest BCUT2D eigenvalue weighted by Crippen LogP contribution is 2.16. The highest BCUT2D eigenvalue weighted by molar-refractivity contribution is 6.13. The van der Waals surface area contributed by atoms with Gasteiger partial charge >= 0.3 is 11.9 Å². The molecular formula is C20H17ClFN7O7. The quantitative estimate of drug-likeness (QED) is 0.125. The van der Waals surface area contributed by atoms with Crippen molar-refractivity contribution < 1.29 is 28.9 Å². The third-order valence-corrected chi connectivity index (χ3v) is 4.89. The molecule has 0 fully saturated rings. The average Bonchev–Trinajstić information content (AvgIpc) is 3.25. The van der Waals surface area contributed by atoms with Crippen molar-refractivity contribution >= 4 is 40.7 Å². The van der Waals surface area contributed by atoms with Crippen LogP contribution in [0.25, 0.3) is 5.65 Å². The summed E-state index contributed by atoms with van der Waals surface area (Å²) in [6, 6.07) is 5.50. The van der Waals surface area contributed by atoms with Gasteiger partial charge in [-0.2, -0.15) is 4.52 Å². The van der Waals surface area contributed by atoms with Crippen LogP contribution in [0.2, 0.25) is 0 Å². The molecule has 0 spiro atoms. The zero-order valence-corrected chi connectivity index (χ0v) is 19.0. The first kappa shape index (κ1) is 26.0. The van der Waals surface area contributed by atoms with E-state index in [4.69, 9.17) is 22.6 Å². The number of carboxylic acids is 1. The number of fused-ring (bicyclic) bond motifs is 1. The van der Waals surface area contributed by atoms with Gasteiger partial charge in [0.25, 0.3) is 16.7 Å². The summed E-state index contributed by atoms with van der Waals surface area (Å²) >= 11 is 5.38. The molecule has 4 rings (SSSR count). The smallest absolute Gasteiger partial charge is 0.356 e. The van der Waals surface area contributed by atoms with Crippen molar-refractivity contribution in [2.75, 3.05) is 18.2 Å². The van der Waals surface area contributed by atoms with Crippen LogP contribution >= 0.6 is 11.8 Å². The molecule has 0 radical (unpaired) electrons. The van der Waals surface area contributed by atoms with Crippen molar-refractivity contribution in [3.8, 4) is 5.88 Å². The number of nitrogen functional groups attached to an aromatic ring is 1. The van der Waals surface area contributed by atoms with E-state index in [1.165, 1.54) is 6.07 Å². The lowest BCUT2D eigenvalue weighted by Crippen LogP contribution is -2.37. The number of benzene rings is 1. The van der Waals surface area contributed by atoms with E-state index >= 15 is 0 Å². The molecule has 0 unspecified atom stereocenters. The number of ether oxygens (including phenoxy) is 1. The molecule has 2 aromatic carbocycles. The lowest BCUT2D eigenvalue weighted by Gasteiger charge is -2.11. The summed E-state index contributed by atoms with van der Waals surface area (Å²) in [5.74, 6) is -3.15. The van der Waals surface area contributed by atoms with E-state index in [0.29, 0.717) is 12.1 Å². The lowest BCUT2D eigenvalue weighted by molar-refractivity contribution is 0.0590. The van der Waals surface area contributed by atoms with E-state index < -0.39 is 40.2 Å². The first-order chi connectivity index (χ1) is 17.1. The molecule has 188 valence electrons. The second-order valence-electron chi connectivity index (χ2n) is 7.01. The minimum Gasteiger partial charge on any atom is -0.489 e. The van der Waals surface area contributed by atoms with Crippen LogP contribution in [0.5, 0.6) is 5.88 Å². The van der Waals surface area contributed by atoms with E-state index in [-0.39, 0.29) is 29.3 Å². The SMILES string of the molecule is COC(=O)c1cc(C(=O)O)nc2c(O)nnn12.Nc1c(NCc2cc(CNCl)ccc2F)c(=O)c1=O. The summed E-state index contributed by atoms with van der Waals surface area (Å²) in [4.78, 5) is 50.3. The number of aromatic carboxylic acids is 1. The van der Waals surface area contributed by atoms with Crippen LogP contribution in [-0.4, -0.2) is 49.1 Å². The number of aromatic hydroxyl groups is 1. The van der Waals surface area contributed by atoms with Crippen LogP contribution in [0.3, 0.4) is 0 Å². The van der Waals surface area contributed by atoms with Crippen LogP contribution in [0.15, 0.2) is 33.9 Å². The Morgan fingerprint density at radius 3 is 2.56 bits per heavy atom. The topological polar surface area (TPSA) is 211 Å². The molecule has 0 saturated heterocycles. The molecule has 2 heterocycles. The van der Waals surface area contributed by atoms with Gasteiger partial charge in [-0.15, -0.1) is 0 Å². The summed E-state index contributed by atoms with van der Waals surface area (Å²) in [5, 5.41) is 27.5. The third kappa shape index (κ3) is 5.21. The first-order valence-corrected chi connectivity index (χ1v) is 10.2. The lowest BCUT2D eigenvalue weighted by atomic mass is 10.1. The molecule has 0 bridgehead atoms. The Labute approximate surface area is 204 Å². The fourth-order valence-electron chi connectivity index (χ4n) is 2.94. The zero-order chi connectivity index (χ0) is 26.6. The van der Waals surface area contributed by atoms with Crippen molar-refractivity contribution in [3.63, 3.8) is 0 Å². The van der Waals surface area contributed by atoms with Gasteiger partial charge in [0.1, 0.15) is 17.2 Å². The molecule has 2 aromatic heterocycles. The van der Waals surface area contributed by atoms with Crippen molar-refractivity contribution in [1.82, 2.24) is 24.6 Å². The Morgan fingerprint density at radius 2 is 1.94 bits per heavy atom. The minimum absolute atomic E-state index is 0.0465. The van der Waals surface area contributed by atoms with Gasteiger partial charge in [-0.3, -0.25) is 9.59 Å². The maximum absolute atomic E-state index is 13.6. The summed E-state index contributed by atoms with van der Waals surface area (Å²) in [5.41, 5.74) is 4.24. The number of carbonyl (C=O) groups is 2. The minimum atomic E-state index is -1.35. The maximum Gasteiger partial charge on any atom is 0.356 e. The van der Waals surface area contributed by atoms with Crippen LogP contribution in [-0.2, 0) is 17.8 Å². The van der Waals surface area contributed by atoms with Gasteiger partial charge in [-0.25, -0.2) is 23.8 Å². The van der Waals surface area contributed by atoms with E-state index in [0.717, 1.165) is 23.3 Å². The molecule has 0 amide bonds. The number of hydrogen-bond acceptors (Lipinski definition) is 12.